The highest BCUT2D eigenvalue weighted by atomic mass is 32.2. The maximum atomic E-state index is 12.7. The fraction of sp³-hybridized carbons (Fsp3) is 0.722. The van der Waals surface area contributed by atoms with Gasteiger partial charge < -0.3 is 14.6 Å². The smallest absolute Gasteiger partial charge is 0.359 e. The van der Waals surface area contributed by atoms with E-state index in [1.165, 1.54) is 28.4 Å². The second-order valence-corrected chi connectivity index (χ2v) is 11.9. The molecule has 3 heterocycles. The zero-order valence-corrected chi connectivity index (χ0v) is 18.9. The first-order chi connectivity index (χ1) is 13.7. The molecule has 162 valence electrons. The standard InChI is InChI=1S/C18H25NO7S3/c1-9(2)6-12(21)25-8-26-17(23)14-18(27-11-4-5-29(24)7-11)28-16-13(10(3)20)15(22)19(14)16/h9-11,13,16,20H,4-8H2,1-3H3/t10-,11+,13+,16-,29-/m1/s1. The van der Waals surface area contributed by atoms with Crippen molar-refractivity contribution in [2.75, 3.05) is 18.3 Å². The van der Waals surface area contributed by atoms with Gasteiger partial charge in [-0.3, -0.25) is 18.7 Å². The summed E-state index contributed by atoms with van der Waals surface area (Å²) in [6.07, 6.45) is 0.169. The van der Waals surface area contributed by atoms with Gasteiger partial charge in [0, 0.05) is 34.0 Å². The average molecular weight is 464 g/mol. The van der Waals surface area contributed by atoms with E-state index in [1.807, 2.05) is 13.8 Å². The normalized spacial score (nSPS) is 29.7. The van der Waals surface area contributed by atoms with Crippen molar-refractivity contribution in [3.63, 3.8) is 0 Å². The number of carbonyl (C=O) groups excluding carboxylic acids is 3. The Morgan fingerprint density at radius 1 is 1.34 bits per heavy atom. The quantitative estimate of drug-likeness (QED) is 0.324. The number of aliphatic hydroxyl groups excluding tert-OH is 1. The first-order valence-electron chi connectivity index (χ1n) is 9.45. The molecule has 0 aromatic rings. The number of hydrogen-bond donors (Lipinski definition) is 1. The Kier molecular flexibility index (Phi) is 7.34. The van der Waals surface area contributed by atoms with Crippen LogP contribution in [-0.2, 0) is 34.7 Å². The van der Waals surface area contributed by atoms with E-state index in [4.69, 9.17) is 9.47 Å². The first kappa shape index (κ1) is 22.6. The number of rotatable bonds is 8. The van der Waals surface area contributed by atoms with Gasteiger partial charge in [-0.2, -0.15) is 0 Å². The average Bonchev–Trinajstić information content (AvgIpc) is 3.15. The number of aliphatic hydroxyl groups is 1. The van der Waals surface area contributed by atoms with E-state index >= 15 is 0 Å². The predicted octanol–water partition coefficient (Wildman–Crippen LogP) is 1.41. The number of nitrogens with zero attached hydrogens (tertiary/aromatic N) is 1. The van der Waals surface area contributed by atoms with E-state index in [0.717, 1.165) is 6.42 Å². The van der Waals surface area contributed by atoms with Crippen molar-refractivity contribution < 1.29 is 33.2 Å². The van der Waals surface area contributed by atoms with Crippen molar-refractivity contribution in [3.8, 4) is 0 Å². The lowest BCUT2D eigenvalue weighted by Gasteiger charge is -2.43. The lowest BCUT2D eigenvalue weighted by Crippen LogP contribution is -2.60. The minimum Gasteiger partial charge on any atom is -0.428 e. The topological polar surface area (TPSA) is 110 Å². The second kappa shape index (κ2) is 9.40. The van der Waals surface area contributed by atoms with E-state index < -0.39 is 41.6 Å². The predicted molar refractivity (Wildman–Crippen MR) is 111 cm³/mol. The molecule has 2 fully saturated rings. The van der Waals surface area contributed by atoms with Crippen LogP contribution in [0.25, 0.3) is 0 Å². The number of ether oxygens (including phenoxy) is 2. The van der Waals surface area contributed by atoms with Crippen molar-refractivity contribution in [3.05, 3.63) is 9.93 Å². The maximum Gasteiger partial charge on any atom is 0.359 e. The molecular weight excluding hydrogens is 438 g/mol. The van der Waals surface area contributed by atoms with Crippen molar-refractivity contribution in [2.24, 2.45) is 11.8 Å². The van der Waals surface area contributed by atoms with Gasteiger partial charge >= 0.3 is 11.9 Å². The molecule has 3 aliphatic heterocycles. The van der Waals surface area contributed by atoms with Crippen molar-refractivity contribution in [1.29, 1.82) is 0 Å². The second-order valence-electron chi connectivity index (χ2n) is 7.62. The Hall–Kier alpha value is -1.04. The highest BCUT2D eigenvalue weighted by molar-refractivity contribution is 8.23. The third-order valence-electron chi connectivity index (χ3n) is 4.76. The Labute approximate surface area is 180 Å². The first-order valence-corrected chi connectivity index (χ1v) is 12.7. The van der Waals surface area contributed by atoms with Crippen LogP contribution >= 0.6 is 23.5 Å². The number of hydrogen-bond acceptors (Lipinski definition) is 9. The monoisotopic (exact) mass is 463 g/mol. The molecule has 0 unspecified atom stereocenters. The summed E-state index contributed by atoms with van der Waals surface area (Å²) in [5.41, 5.74) is 0.129. The van der Waals surface area contributed by atoms with Gasteiger partial charge in [-0.25, -0.2) is 4.79 Å². The maximum absolute atomic E-state index is 12.7. The molecule has 0 bridgehead atoms. The fourth-order valence-electron chi connectivity index (χ4n) is 3.31. The van der Waals surface area contributed by atoms with Gasteiger partial charge in [0.1, 0.15) is 5.37 Å². The molecule has 0 radical (unpaired) electrons. The molecule has 3 rings (SSSR count). The van der Waals surface area contributed by atoms with Crippen LogP contribution in [-0.4, -0.2) is 67.1 Å². The van der Waals surface area contributed by atoms with Crippen LogP contribution in [0.15, 0.2) is 9.93 Å². The summed E-state index contributed by atoms with van der Waals surface area (Å²) in [5.74, 6) is -0.807. The number of carbonyl (C=O) groups is 3. The van der Waals surface area contributed by atoms with E-state index in [2.05, 4.69) is 0 Å². The Balaban J connectivity index is 1.69. The van der Waals surface area contributed by atoms with Crippen LogP contribution in [0, 0.1) is 11.8 Å². The SMILES string of the molecule is CC(C)CC(=O)OCOC(=O)C1=C(S[C@H]2CC[S@@](=O)C2)S[C@@H]2[C@@H]([C@@H](C)O)C(=O)N12. The Morgan fingerprint density at radius 2 is 2.07 bits per heavy atom. The molecule has 0 aromatic heterocycles. The summed E-state index contributed by atoms with van der Waals surface area (Å²) in [5, 5.41) is 9.64. The summed E-state index contributed by atoms with van der Waals surface area (Å²) in [7, 11) is -0.860. The Morgan fingerprint density at radius 3 is 2.66 bits per heavy atom. The van der Waals surface area contributed by atoms with Gasteiger partial charge in [-0.1, -0.05) is 25.6 Å². The number of thioether (sulfide) groups is 2. The van der Waals surface area contributed by atoms with Gasteiger partial charge in [-0.05, 0) is 19.3 Å². The zero-order chi connectivity index (χ0) is 21.3. The number of β-lactam (4-membered cyclic amide) rings is 1. The van der Waals surface area contributed by atoms with Crippen molar-refractivity contribution in [1.82, 2.24) is 4.90 Å². The van der Waals surface area contributed by atoms with Gasteiger partial charge in [0.25, 0.3) is 0 Å². The van der Waals surface area contributed by atoms with Crippen LogP contribution in [0.3, 0.4) is 0 Å². The lowest BCUT2D eigenvalue weighted by atomic mass is 9.92. The largest absolute Gasteiger partial charge is 0.428 e. The van der Waals surface area contributed by atoms with Crippen LogP contribution in [0.1, 0.15) is 33.6 Å². The van der Waals surface area contributed by atoms with E-state index in [0.29, 0.717) is 15.7 Å². The molecule has 1 N–H and O–H groups in total. The third-order valence-corrected chi connectivity index (χ3v) is 9.31. The molecule has 2 saturated heterocycles. The summed E-state index contributed by atoms with van der Waals surface area (Å²) >= 11 is 2.79. The van der Waals surface area contributed by atoms with E-state index in [1.54, 1.807) is 6.92 Å². The van der Waals surface area contributed by atoms with Gasteiger partial charge in [0.2, 0.25) is 12.7 Å². The van der Waals surface area contributed by atoms with E-state index in [-0.39, 0.29) is 34.6 Å². The molecule has 0 saturated carbocycles. The number of amides is 1. The lowest BCUT2D eigenvalue weighted by molar-refractivity contribution is -0.170. The molecule has 0 spiro atoms. The molecule has 3 aliphatic rings. The molecule has 5 atom stereocenters. The zero-order valence-electron chi connectivity index (χ0n) is 16.5. The number of fused-ring (bicyclic) bond motifs is 1. The van der Waals surface area contributed by atoms with E-state index in [9.17, 15) is 23.7 Å². The highest BCUT2D eigenvalue weighted by Gasteiger charge is 2.58. The van der Waals surface area contributed by atoms with Crippen LogP contribution in [0.5, 0.6) is 0 Å². The van der Waals surface area contributed by atoms with Crippen LogP contribution < -0.4 is 0 Å². The van der Waals surface area contributed by atoms with Crippen molar-refractivity contribution in [2.45, 2.75) is 50.3 Å². The van der Waals surface area contributed by atoms with Crippen LogP contribution in [0.2, 0.25) is 0 Å². The molecule has 29 heavy (non-hydrogen) atoms. The molecule has 0 aliphatic carbocycles. The fourth-order valence-corrected chi connectivity index (χ4v) is 8.56. The summed E-state index contributed by atoms with van der Waals surface area (Å²) in [6.45, 7) is 4.79. The number of esters is 2. The molecule has 8 nitrogen and oxygen atoms in total. The summed E-state index contributed by atoms with van der Waals surface area (Å²) in [4.78, 5) is 38.2. The van der Waals surface area contributed by atoms with Gasteiger partial charge in [0.15, 0.2) is 5.70 Å². The van der Waals surface area contributed by atoms with Gasteiger partial charge in [-0.15, -0.1) is 11.8 Å². The molecule has 1 amide bonds. The summed E-state index contributed by atoms with van der Waals surface area (Å²) < 4.78 is 22.4. The summed E-state index contributed by atoms with van der Waals surface area (Å²) in [6, 6.07) is 0. The van der Waals surface area contributed by atoms with Crippen LogP contribution in [0.4, 0.5) is 0 Å². The third kappa shape index (κ3) is 5.00. The highest BCUT2D eigenvalue weighted by Crippen LogP contribution is 2.55. The molecule has 11 heteroatoms. The minimum absolute atomic E-state index is 0.101. The minimum atomic E-state index is -0.860. The van der Waals surface area contributed by atoms with Crippen molar-refractivity contribution >= 4 is 52.2 Å². The Bertz CT molecular complexity index is 752. The molecule has 0 aromatic carbocycles. The molecular formula is C18H25NO7S3. The van der Waals surface area contributed by atoms with Gasteiger partial charge in [0.05, 0.1) is 16.3 Å².